The van der Waals surface area contributed by atoms with Crippen LogP contribution in [0.2, 0.25) is 0 Å². The molecule has 0 spiro atoms. The fourth-order valence-corrected chi connectivity index (χ4v) is 6.06. The Kier molecular flexibility index (Phi) is 5.97. The fraction of sp³-hybridized carbons (Fsp3) is 0.682. The maximum atomic E-state index is 12.3. The molecule has 0 amide bonds. The molecule has 0 saturated heterocycles. The molecule has 2 aliphatic rings. The molecule has 0 radical (unpaired) electrons. The van der Waals surface area contributed by atoms with Crippen LogP contribution in [0, 0.1) is 0 Å². The number of Topliss-reactive ketones (excluding diaryl/α,β-unsaturated/α-hetero) is 1. The van der Waals surface area contributed by atoms with Gasteiger partial charge in [0.15, 0.2) is 0 Å². The molecule has 0 bridgehead atoms. The zero-order chi connectivity index (χ0) is 19.7. The van der Waals surface area contributed by atoms with Crippen LogP contribution in [0.5, 0.6) is 5.88 Å². The molecule has 0 unspecified atom stereocenters. The van der Waals surface area contributed by atoms with E-state index in [0.717, 1.165) is 48.2 Å². The van der Waals surface area contributed by atoms with E-state index >= 15 is 0 Å². The first-order valence-corrected chi connectivity index (χ1v) is 11.5. The van der Waals surface area contributed by atoms with Gasteiger partial charge in [-0.1, -0.05) is 6.92 Å². The van der Waals surface area contributed by atoms with Gasteiger partial charge in [-0.2, -0.15) is 0 Å². The summed E-state index contributed by atoms with van der Waals surface area (Å²) in [5.41, 5.74) is 1.31. The molecule has 152 valence electrons. The summed E-state index contributed by atoms with van der Waals surface area (Å²) in [4.78, 5) is 26.1. The SMILES string of the molecule is CCCC(=O)C[C@@H]1CCc2sc3ncnc(OC4CCC(N(C)C)CC4)c3c21. The van der Waals surface area contributed by atoms with Gasteiger partial charge in [0.1, 0.15) is 23.0 Å². The third kappa shape index (κ3) is 3.94. The number of nitrogens with zero attached hydrogens (tertiary/aromatic N) is 3. The van der Waals surface area contributed by atoms with E-state index in [2.05, 4.69) is 35.9 Å². The minimum Gasteiger partial charge on any atom is -0.474 e. The van der Waals surface area contributed by atoms with Gasteiger partial charge in [-0.15, -0.1) is 11.3 Å². The second kappa shape index (κ2) is 8.46. The number of fused-ring (bicyclic) bond motifs is 3. The molecule has 2 aromatic rings. The number of aryl methyl sites for hydroxylation is 1. The van der Waals surface area contributed by atoms with Crippen LogP contribution in [-0.2, 0) is 11.2 Å². The number of aromatic nitrogens is 2. The summed E-state index contributed by atoms with van der Waals surface area (Å²) in [6, 6.07) is 0.657. The highest BCUT2D eigenvalue weighted by molar-refractivity contribution is 7.19. The van der Waals surface area contributed by atoms with E-state index in [0.29, 0.717) is 30.6 Å². The molecule has 2 heterocycles. The highest BCUT2D eigenvalue weighted by Crippen LogP contribution is 2.47. The summed E-state index contributed by atoms with van der Waals surface area (Å²) in [6.45, 7) is 2.07. The Morgan fingerprint density at radius 3 is 2.71 bits per heavy atom. The number of hydrogen-bond acceptors (Lipinski definition) is 6. The van der Waals surface area contributed by atoms with E-state index in [9.17, 15) is 4.79 Å². The van der Waals surface area contributed by atoms with Crippen molar-refractivity contribution in [2.45, 2.75) is 82.8 Å². The van der Waals surface area contributed by atoms with Crippen molar-refractivity contribution < 1.29 is 9.53 Å². The second-order valence-electron chi connectivity index (χ2n) is 8.54. The van der Waals surface area contributed by atoms with Gasteiger partial charge in [-0.25, -0.2) is 9.97 Å². The first kappa shape index (κ1) is 19.8. The smallest absolute Gasteiger partial charge is 0.225 e. The average molecular weight is 402 g/mol. The topological polar surface area (TPSA) is 55.3 Å². The number of carbonyl (C=O) groups excluding carboxylic acids is 1. The van der Waals surface area contributed by atoms with Gasteiger partial charge >= 0.3 is 0 Å². The zero-order valence-corrected chi connectivity index (χ0v) is 18.1. The highest BCUT2D eigenvalue weighted by atomic mass is 32.1. The van der Waals surface area contributed by atoms with Crippen LogP contribution < -0.4 is 4.74 Å². The molecule has 1 saturated carbocycles. The molecule has 1 atom stereocenters. The van der Waals surface area contributed by atoms with Crippen molar-refractivity contribution in [3.05, 3.63) is 16.8 Å². The third-order valence-electron chi connectivity index (χ3n) is 6.35. The summed E-state index contributed by atoms with van der Waals surface area (Å²) >= 11 is 1.76. The van der Waals surface area contributed by atoms with Crippen LogP contribution in [0.4, 0.5) is 0 Å². The summed E-state index contributed by atoms with van der Waals surface area (Å²) < 4.78 is 6.43. The van der Waals surface area contributed by atoms with Gasteiger partial charge in [0.05, 0.1) is 5.39 Å². The van der Waals surface area contributed by atoms with Crippen LogP contribution in [0.1, 0.15) is 74.6 Å². The highest BCUT2D eigenvalue weighted by Gasteiger charge is 2.32. The third-order valence-corrected chi connectivity index (χ3v) is 7.52. The minimum absolute atomic E-state index is 0.228. The van der Waals surface area contributed by atoms with Crippen molar-refractivity contribution in [2.75, 3.05) is 14.1 Å². The van der Waals surface area contributed by atoms with Crippen LogP contribution in [0.15, 0.2) is 6.33 Å². The molecule has 1 fully saturated rings. The Morgan fingerprint density at radius 1 is 1.21 bits per heavy atom. The van der Waals surface area contributed by atoms with Crippen molar-refractivity contribution in [1.82, 2.24) is 14.9 Å². The van der Waals surface area contributed by atoms with Gasteiger partial charge in [0.25, 0.3) is 0 Å². The number of ether oxygens (including phenoxy) is 1. The fourth-order valence-electron chi connectivity index (χ4n) is 4.83. The van der Waals surface area contributed by atoms with E-state index in [1.807, 2.05) is 0 Å². The molecular weight excluding hydrogens is 370 g/mol. The van der Waals surface area contributed by atoms with Gasteiger partial charge in [-0.05, 0) is 70.5 Å². The zero-order valence-electron chi connectivity index (χ0n) is 17.2. The van der Waals surface area contributed by atoms with Crippen LogP contribution in [0.25, 0.3) is 10.2 Å². The Hall–Kier alpha value is -1.53. The van der Waals surface area contributed by atoms with Crippen molar-refractivity contribution in [2.24, 2.45) is 0 Å². The number of hydrogen-bond donors (Lipinski definition) is 0. The molecule has 4 rings (SSSR count). The molecule has 0 N–H and O–H groups in total. The molecule has 5 nitrogen and oxygen atoms in total. The normalized spacial score (nSPS) is 24.6. The van der Waals surface area contributed by atoms with E-state index in [-0.39, 0.29) is 6.10 Å². The lowest BCUT2D eigenvalue weighted by atomic mass is 9.92. The molecule has 0 aromatic carbocycles. The number of ketones is 1. The second-order valence-corrected chi connectivity index (χ2v) is 9.62. The Bertz CT molecular complexity index is 840. The largest absolute Gasteiger partial charge is 0.474 e. The van der Waals surface area contributed by atoms with E-state index in [1.165, 1.54) is 23.3 Å². The summed E-state index contributed by atoms with van der Waals surface area (Å²) in [5.74, 6) is 1.42. The van der Waals surface area contributed by atoms with E-state index < -0.39 is 0 Å². The number of thiophene rings is 1. The van der Waals surface area contributed by atoms with Crippen molar-refractivity contribution in [3.63, 3.8) is 0 Å². The van der Waals surface area contributed by atoms with E-state index in [1.54, 1.807) is 17.7 Å². The van der Waals surface area contributed by atoms with Gasteiger partial charge in [-0.3, -0.25) is 4.79 Å². The molecular formula is C22H31N3O2S. The van der Waals surface area contributed by atoms with Crippen LogP contribution in [0.3, 0.4) is 0 Å². The van der Waals surface area contributed by atoms with E-state index in [4.69, 9.17) is 4.74 Å². The molecule has 2 aliphatic carbocycles. The summed E-state index contributed by atoms with van der Waals surface area (Å²) in [7, 11) is 4.32. The van der Waals surface area contributed by atoms with Crippen LogP contribution >= 0.6 is 11.3 Å². The lowest BCUT2D eigenvalue weighted by molar-refractivity contribution is -0.119. The number of carbonyl (C=O) groups is 1. The predicted octanol–water partition coefficient (Wildman–Crippen LogP) is 4.73. The van der Waals surface area contributed by atoms with Crippen molar-refractivity contribution in [1.29, 1.82) is 0 Å². The Morgan fingerprint density at radius 2 is 2.00 bits per heavy atom. The van der Waals surface area contributed by atoms with Gasteiger partial charge < -0.3 is 9.64 Å². The standard InChI is InChI=1S/C22H31N3O2S/c1-4-5-16(26)12-14-6-11-18-19(14)20-21(23-13-24-22(20)28-18)27-17-9-7-15(8-10-17)25(2)3/h13-15,17H,4-12H2,1-3H3/t14-,15?,17?/m0/s1. The minimum atomic E-state index is 0.228. The monoisotopic (exact) mass is 401 g/mol. The predicted molar refractivity (Wildman–Crippen MR) is 113 cm³/mol. The maximum Gasteiger partial charge on any atom is 0.225 e. The first-order valence-electron chi connectivity index (χ1n) is 10.7. The molecule has 28 heavy (non-hydrogen) atoms. The lowest BCUT2D eigenvalue weighted by Gasteiger charge is -2.32. The summed E-state index contributed by atoms with van der Waals surface area (Å²) in [5, 5.41) is 1.09. The molecule has 0 aliphatic heterocycles. The van der Waals surface area contributed by atoms with Gasteiger partial charge in [0.2, 0.25) is 5.88 Å². The Balaban J connectivity index is 1.56. The quantitative estimate of drug-likeness (QED) is 0.671. The van der Waals surface area contributed by atoms with Crippen LogP contribution in [-0.4, -0.2) is 46.9 Å². The lowest BCUT2D eigenvalue weighted by Crippen LogP contribution is -2.35. The van der Waals surface area contributed by atoms with Crippen molar-refractivity contribution >= 4 is 27.3 Å². The van der Waals surface area contributed by atoms with Gasteiger partial charge in [0, 0.05) is 23.8 Å². The number of rotatable bonds is 7. The first-order chi connectivity index (χ1) is 13.6. The molecule has 2 aromatic heterocycles. The maximum absolute atomic E-state index is 12.3. The molecule has 6 heteroatoms. The summed E-state index contributed by atoms with van der Waals surface area (Å²) in [6.07, 6.45) is 10.7. The Labute approximate surface area is 171 Å². The van der Waals surface area contributed by atoms with Crippen molar-refractivity contribution in [3.8, 4) is 5.88 Å². The average Bonchev–Trinajstić information content (AvgIpc) is 3.22.